The van der Waals surface area contributed by atoms with Crippen LogP contribution in [0.4, 0.5) is 19.0 Å². The minimum Gasteiger partial charge on any atom is -0.467 e. The maximum absolute atomic E-state index is 13.9. The highest BCUT2D eigenvalue weighted by Crippen LogP contribution is 2.36. The second-order valence-corrected chi connectivity index (χ2v) is 12.2. The van der Waals surface area contributed by atoms with E-state index in [0.29, 0.717) is 45.4 Å². The van der Waals surface area contributed by atoms with Crippen LogP contribution in [0.1, 0.15) is 47.6 Å². The number of methoxy groups -OCH3 is 1. The van der Waals surface area contributed by atoms with Crippen LogP contribution in [0.2, 0.25) is 0 Å². The van der Waals surface area contributed by atoms with Crippen molar-refractivity contribution in [2.24, 2.45) is 5.92 Å². The fourth-order valence-electron chi connectivity index (χ4n) is 5.44. The Labute approximate surface area is 269 Å². The van der Waals surface area contributed by atoms with Crippen molar-refractivity contribution in [2.45, 2.75) is 56.9 Å². The molecule has 0 aromatic carbocycles. The number of nitrogens with one attached hydrogen (secondary N) is 1. The van der Waals surface area contributed by atoms with Gasteiger partial charge < -0.3 is 19.5 Å². The number of rotatable bonds is 7. The number of carbonyl (C=O) groups excluding carboxylic acids is 3. The first kappa shape index (κ1) is 32.2. The number of aromatic nitrogens is 5. The highest BCUT2D eigenvalue weighted by molar-refractivity contribution is 14.1. The van der Waals surface area contributed by atoms with E-state index >= 15 is 0 Å². The number of ketones is 1. The highest BCUT2D eigenvalue weighted by Gasteiger charge is 2.44. The summed E-state index contributed by atoms with van der Waals surface area (Å²) >= 11 is 2.10. The third kappa shape index (κ3) is 6.35. The molecule has 4 aromatic heterocycles. The van der Waals surface area contributed by atoms with E-state index < -0.39 is 29.7 Å². The van der Waals surface area contributed by atoms with Gasteiger partial charge in [0.05, 0.1) is 28.1 Å². The van der Waals surface area contributed by atoms with Gasteiger partial charge in [-0.25, -0.2) is 15.0 Å². The number of nitrogens with zero attached hydrogens (tertiary/aromatic N) is 6. The molecule has 1 N–H and O–H groups in total. The minimum atomic E-state index is -4.68. The number of aryl methyl sites for hydroxylation is 2. The van der Waals surface area contributed by atoms with Crippen molar-refractivity contribution >= 4 is 56.9 Å². The van der Waals surface area contributed by atoms with E-state index in [9.17, 15) is 27.6 Å². The predicted octanol–water partition coefficient (Wildman–Crippen LogP) is 5.37. The predicted molar refractivity (Wildman–Crippen MR) is 167 cm³/mol. The first-order valence-electron chi connectivity index (χ1n) is 13.9. The van der Waals surface area contributed by atoms with Crippen LogP contribution in [-0.4, -0.2) is 64.2 Å². The fraction of sp³-hybridized carbons (Fsp3) is 0.367. The molecule has 0 radical (unpaired) electrons. The van der Waals surface area contributed by atoms with Gasteiger partial charge in [0.25, 0.3) is 0 Å². The summed E-state index contributed by atoms with van der Waals surface area (Å²) < 4.78 is 46.1. The molecule has 0 aliphatic carbocycles. The number of pyridine rings is 2. The van der Waals surface area contributed by atoms with Crippen molar-refractivity contribution < 1.29 is 32.3 Å². The van der Waals surface area contributed by atoms with Crippen molar-refractivity contribution in [3.63, 3.8) is 0 Å². The number of alkyl halides is 4. The number of ether oxygens (including phenoxy) is 1. The zero-order valence-corrected chi connectivity index (χ0v) is 27.1. The van der Waals surface area contributed by atoms with Crippen molar-refractivity contribution in [3.05, 3.63) is 59.3 Å². The van der Waals surface area contributed by atoms with Crippen LogP contribution in [-0.2, 0) is 22.3 Å². The summed E-state index contributed by atoms with van der Waals surface area (Å²) in [4.78, 5) is 58.0. The molecule has 2 amide bonds. The van der Waals surface area contributed by atoms with E-state index in [-0.39, 0.29) is 34.1 Å². The van der Waals surface area contributed by atoms with Crippen LogP contribution >= 0.6 is 22.6 Å². The monoisotopic (exact) mass is 735 g/mol. The van der Waals surface area contributed by atoms with Gasteiger partial charge in [0.15, 0.2) is 5.78 Å². The molecular weight excluding hydrogens is 706 g/mol. The molecule has 3 atom stereocenters. The lowest BCUT2D eigenvalue weighted by Gasteiger charge is -2.28. The summed E-state index contributed by atoms with van der Waals surface area (Å²) in [6.45, 7) is 6.43. The van der Waals surface area contributed by atoms with E-state index in [4.69, 9.17) is 4.74 Å². The number of anilines is 1. The smallest absolute Gasteiger partial charge is 0.433 e. The third-order valence-corrected chi connectivity index (χ3v) is 9.53. The molecule has 0 saturated carbocycles. The number of likely N-dealkylation sites (tertiary alicyclic amines) is 1. The van der Waals surface area contributed by atoms with E-state index in [0.717, 1.165) is 6.07 Å². The highest BCUT2D eigenvalue weighted by atomic mass is 127. The molecule has 11 nitrogen and oxygen atoms in total. The molecule has 236 valence electrons. The Morgan fingerprint density at radius 3 is 2.44 bits per heavy atom. The Bertz CT molecular complexity index is 1810. The molecule has 0 bridgehead atoms. The normalized spacial score (nSPS) is 18.3. The molecule has 1 aliphatic rings. The maximum atomic E-state index is 13.9. The van der Waals surface area contributed by atoms with Crippen molar-refractivity contribution in [1.82, 2.24) is 29.4 Å². The lowest BCUT2D eigenvalue weighted by atomic mass is 10.1. The number of hydrogen-bond donors (Lipinski definition) is 1. The molecule has 0 unspecified atom stereocenters. The summed E-state index contributed by atoms with van der Waals surface area (Å²) in [6, 6.07) is 3.08. The molecule has 1 saturated heterocycles. The second-order valence-electron chi connectivity index (χ2n) is 10.9. The van der Waals surface area contributed by atoms with E-state index in [1.807, 2.05) is 6.92 Å². The van der Waals surface area contributed by atoms with Gasteiger partial charge >= 0.3 is 12.2 Å². The van der Waals surface area contributed by atoms with Gasteiger partial charge in [0.1, 0.15) is 24.1 Å². The largest absolute Gasteiger partial charge is 0.467 e. The summed E-state index contributed by atoms with van der Waals surface area (Å²) in [5, 5.41) is 3.11. The third-order valence-electron chi connectivity index (χ3n) is 7.71. The van der Waals surface area contributed by atoms with Gasteiger partial charge in [0, 0.05) is 35.1 Å². The molecule has 0 spiro atoms. The van der Waals surface area contributed by atoms with E-state index in [2.05, 4.69) is 47.8 Å². The molecule has 1 aliphatic heterocycles. The van der Waals surface area contributed by atoms with Crippen molar-refractivity contribution in [3.8, 4) is 17.3 Å². The average molecular weight is 736 g/mol. The Morgan fingerprint density at radius 1 is 1.13 bits per heavy atom. The van der Waals surface area contributed by atoms with Crippen molar-refractivity contribution in [1.29, 1.82) is 0 Å². The van der Waals surface area contributed by atoms with Crippen LogP contribution in [0.15, 0.2) is 36.8 Å². The zero-order valence-electron chi connectivity index (χ0n) is 24.9. The van der Waals surface area contributed by atoms with Crippen LogP contribution in [0.25, 0.3) is 22.2 Å². The summed E-state index contributed by atoms with van der Waals surface area (Å²) in [7, 11) is 1.46. The first-order valence-corrected chi connectivity index (χ1v) is 15.1. The van der Waals surface area contributed by atoms with Crippen LogP contribution < -0.4 is 10.1 Å². The van der Waals surface area contributed by atoms with E-state index in [1.54, 1.807) is 36.1 Å². The van der Waals surface area contributed by atoms with Crippen LogP contribution in [0, 0.1) is 19.8 Å². The van der Waals surface area contributed by atoms with Gasteiger partial charge in [0.2, 0.25) is 11.8 Å². The van der Waals surface area contributed by atoms with Gasteiger partial charge in [-0.3, -0.25) is 19.4 Å². The molecular formula is C30H29F3IN7O4. The average Bonchev–Trinajstić information content (AvgIpc) is 3.50. The molecule has 1 fully saturated rings. The van der Waals surface area contributed by atoms with Gasteiger partial charge in [-0.05, 0) is 50.8 Å². The minimum absolute atomic E-state index is 0.0762. The second kappa shape index (κ2) is 12.3. The maximum Gasteiger partial charge on any atom is 0.433 e. The molecule has 45 heavy (non-hydrogen) atoms. The molecule has 4 aromatic rings. The summed E-state index contributed by atoms with van der Waals surface area (Å²) in [5.41, 5.74) is 1.89. The zero-order chi connectivity index (χ0) is 32.8. The Kier molecular flexibility index (Phi) is 8.83. The Hall–Kier alpha value is -4.15. The number of hydrogen-bond acceptors (Lipinski definition) is 8. The Morgan fingerprint density at radius 2 is 1.82 bits per heavy atom. The first-order chi connectivity index (χ1) is 21.2. The standard InChI is InChI=1S/C30H29F3IN7O4/c1-14-6-7-23(30(31,32)33)38-27(14)39-28(44)22-8-15(2)26(34)41(22)24(43)13-40-12-20(17(4)42)19-9-21(37-16(3)25(19)40)18-10-35-29(45-5)36-11-18/h6-7,9-12,15,22,26H,8,13H2,1-5H3,(H,38,39,44)/t15-,22-,26-/m0/s1. The number of halogens is 4. The van der Waals surface area contributed by atoms with Gasteiger partial charge in [-0.15, -0.1) is 0 Å². The summed E-state index contributed by atoms with van der Waals surface area (Å²) in [5.74, 6) is -1.53. The Balaban J connectivity index is 1.46. The van der Waals surface area contributed by atoms with Gasteiger partial charge in [-0.2, -0.15) is 13.2 Å². The quantitative estimate of drug-likeness (QED) is 0.116. The number of carbonyl (C=O) groups is 3. The van der Waals surface area contributed by atoms with Crippen LogP contribution in [0.5, 0.6) is 6.01 Å². The van der Waals surface area contributed by atoms with Crippen molar-refractivity contribution in [2.75, 3.05) is 12.4 Å². The summed E-state index contributed by atoms with van der Waals surface area (Å²) in [6.07, 6.45) is 0.343. The lowest BCUT2D eigenvalue weighted by molar-refractivity contribution is -0.141. The number of Topliss-reactive ketones (excluding diaryl/α,β-unsaturated/α-hetero) is 1. The molecule has 5 heterocycles. The number of fused-ring (bicyclic) bond motifs is 1. The number of amides is 2. The molecule has 15 heteroatoms. The topological polar surface area (TPSA) is 132 Å². The fourth-order valence-corrected chi connectivity index (χ4v) is 6.43. The van der Waals surface area contributed by atoms with Gasteiger partial charge in [-0.1, -0.05) is 35.6 Å². The van der Waals surface area contributed by atoms with E-state index in [1.165, 1.54) is 31.9 Å². The SMILES string of the molecule is COc1ncc(-c2cc3c(C(C)=O)cn(CC(=O)N4[C@H](I)[C@@H](C)C[C@H]4C(=O)Nc4nc(C(F)(F)F)ccc4C)c3c(C)n2)cn1. The molecule has 5 rings (SSSR count). The van der Waals surface area contributed by atoms with Crippen LogP contribution in [0.3, 0.4) is 0 Å². The lowest BCUT2D eigenvalue weighted by Crippen LogP contribution is -2.46.